The summed E-state index contributed by atoms with van der Waals surface area (Å²) in [5.74, 6) is 0.0225. The van der Waals surface area contributed by atoms with Gasteiger partial charge in [0.05, 0.1) is 6.61 Å². The molecule has 0 bridgehead atoms. The van der Waals surface area contributed by atoms with E-state index in [1.807, 2.05) is 0 Å². The first kappa shape index (κ1) is 12.8. The fourth-order valence-electron chi connectivity index (χ4n) is 0.817. The summed E-state index contributed by atoms with van der Waals surface area (Å²) in [5, 5.41) is 0.163. The normalized spacial score (nSPS) is 11.7. The number of halogens is 3. The van der Waals surface area contributed by atoms with Gasteiger partial charge in [0.1, 0.15) is 5.82 Å². The highest BCUT2D eigenvalue weighted by atomic mass is 32.2. The van der Waals surface area contributed by atoms with Gasteiger partial charge in [-0.25, -0.2) is 4.98 Å². The predicted octanol–water partition coefficient (Wildman–Crippen LogP) is 0.981. The van der Waals surface area contributed by atoms with Gasteiger partial charge >= 0.3 is 6.36 Å². The molecule has 0 aliphatic rings. The molecule has 0 saturated heterocycles. The maximum absolute atomic E-state index is 11.6. The van der Waals surface area contributed by atoms with Crippen molar-refractivity contribution in [3.8, 4) is 0 Å². The third kappa shape index (κ3) is 5.03. The number of ether oxygens (including phenoxy) is 1. The Bertz CT molecular complexity index is 407. The van der Waals surface area contributed by atoms with Crippen LogP contribution in [-0.4, -0.2) is 28.7 Å². The van der Waals surface area contributed by atoms with Gasteiger partial charge in [-0.2, -0.15) is 0 Å². The van der Waals surface area contributed by atoms with Gasteiger partial charge in [0.25, 0.3) is 5.56 Å². The monoisotopic (exact) mass is 255 g/mol. The Labute approximate surface area is 92.2 Å². The summed E-state index contributed by atoms with van der Waals surface area (Å²) in [7, 11) is 0. The number of aromatic amines is 1. The Morgan fingerprint density at radius 1 is 1.56 bits per heavy atom. The number of aromatic nitrogens is 2. The van der Waals surface area contributed by atoms with Gasteiger partial charge < -0.3 is 10.7 Å². The van der Waals surface area contributed by atoms with Crippen molar-refractivity contribution < 1.29 is 17.9 Å². The molecule has 0 atom stereocenters. The lowest BCUT2D eigenvalue weighted by atomic mass is 10.6. The van der Waals surface area contributed by atoms with Crippen LogP contribution >= 0.6 is 11.8 Å². The molecule has 0 fully saturated rings. The summed E-state index contributed by atoms with van der Waals surface area (Å²) in [6.07, 6.45) is -4.64. The minimum absolute atomic E-state index is 0.00586. The van der Waals surface area contributed by atoms with Crippen LogP contribution in [0.5, 0.6) is 0 Å². The van der Waals surface area contributed by atoms with E-state index in [9.17, 15) is 18.0 Å². The molecule has 0 aliphatic heterocycles. The lowest BCUT2D eigenvalue weighted by Gasteiger charge is -2.06. The van der Waals surface area contributed by atoms with E-state index in [0.29, 0.717) is 0 Å². The lowest BCUT2D eigenvalue weighted by molar-refractivity contribution is -0.322. The van der Waals surface area contributed by atoms with Crippen molar-refractivity contribution in [3.63, 3.8) is 0 Å². The van der Waals surface area contributed by atoms with E-state index in [4.69, 9.17) is 5.73 Å². The number of nitrogens with one attached hydrogen (secondary N) is 1. The summed E-state index contributed by atoms with van der Waals surface area (Å²) in [6.45, 7) is -0.521. The average molecular weight is 255 g/mol. The molecule has 0 amide bonds. The van der Waals surface area contributed by atoms with E-state index in [1.54, 1.807) is 0 Å². The van der Waals surface area contributed by atoms with E-state index in [1.165, 1.54) is 0 Å². The molecule has 16 heavy (non-hydrogen) atoms. The molecule has 0 aliphatic carbocycles. The van der Waals surface area contributed by atoms with Crippen molar-refractivity contribution in [2.24, 2.45) is 0 Å². The minimum atomic E-state index is -4.64. The van der Waals surface area contributed by atoms with Crippen molar-refractivity contribution in [1.29, 1.82) is 0 Å². The Kier molecular flexibility index (Phi) is 4.19. The van der Waals surface area contributed by atoms with Crippen LogP contribution in [0.15, 0.2) is 16.0 Å². The number of hydrogen-bond acceptors (Lipinski definition) is 5. The fourth-order valence-corrected chi connectivity index (χ4v) is 1.52. The number of alkyl halides is 3. The second-order valence-electron chi connectivity index (χ2n) is 2.62. The Morgan fingerprint density at radius 2 is 2.25 bits per heavy atom. The van der Waals surface area contributed by atoms with Crippen LogP contribution in [0.3, 0.4) is 0 Å². The Morgan fingerprint density at radius 3 is 2.81 bits per heavy atom. The standard InChI is InChI=1S/C7H8F3N3O2S/c8-7(9,10)15-1-2-16-6-12-4(11)3-5(14)13-6/h3H,1-2H2,(H3,11,12,13,14). The van der Waals surface area contributed by atoms with Gasteiger partial charge in [0.2, 0.25) is 0 Å². The summed E-state index contributed by atoms with van der Waals surface area (Å²) in [5.41, 5.74) is 4.83. The minimum Gasteiger partial charge on any atom is -0.383 e. The largest absolute Gasteiger partial charge is 0.522 e. The molecule has 0 spiro atoms. The zero-order chi connectivity index (χ0) is 12.2. The molecule has 1 rings (SSSR count). The second kappa shape index (κ2) is 5.21. The summed E-state index contributed by atoms with van der Waals surface area (Å²) < 4.78 is 38.3. The van der Waals surface area contributed by atoms with Gasteiger partial charge in [-0.15, -0.1) is 13.2 Å². The lowest BCUT2D eigenvalue weighted by Crippen LogP contribution is -2.15. The number of nitrogens with zero attached hydrogens (tertiary/aromatic N) is 1. The summed E-state index contributed by atoms with van der Waals surface area (Å²) in [4.78, 5) is 16.9. The molecule has 5 nitrogen and oxygen atoms in total. The van der Waals surface area contributed by atoms with Gasteiger partial charge in [-0.1, -0.05) is 11.8 Å². The molecule has 3 N–H and O–H groups in total. The average Bonchev–Trinajstić information content (AvgIpc) is 2.09. The van der Waals surface area contributed by atoms with Crippen molar-refractivity contribution in [2.45, 2.75) is 11.5 Å². The molecule has 90 valence electrons. The van der Waals surface area contributed by atoms with Crippen molar-refractivity contribution in [3.05, 3.63) is 16.4 Å². The number of hydrogen-bond donors (Lipinski definition) is 2. The molecule has 0 aromatic carbocycles. The highest BCUT2D eigenvalue weighted by Crippen LogP contribution is 2.18. The molecule has 0 radical (unpaired) electrons. The molecule has 0 unspecified atom stereocenters. The van der Waals surface area contributed by atoms with E-state index >= 15 is 0 Å². The van der Waals surface area contributed by atoms with Crippen molar-refractivity contribution in [2.75, 3.05) is 18.1 Å². The van der Waals surface area contributed by atoms with Crippen LogP contribution in [0.1, 0.15) is 0 Å². The summed E-state index contributed by atoms with van der Waals surface area (Å²) >= 11 is 0.918. The molecule has 0 saturated carbocycles. The zero-order valence-corrected chi connectivity index (χ0v) is 8.69. The molecule has 1 aromatic rings. The van der Waals surface area contributed by atoms with Gasteiger partial charge in [-0.3, -0.25) is 9.53 Å². The van der Waals surface area contributed by atoms with Crippen LogP contribution in [0.2, 0.25) is 0 Å². The highest BCUT2D eigenvalue weighted by molar-refractivity contribution is 7.99. The number of anilines is 1. The maximum atomic E-state index is 11.6. The van der Waals surface area contributed by atoms with Crippen molar-refractivity contribution >= 4 is 17.6 Å². The van der Waals surface area contributed by atoms with Crippen LogP contribution < -0.4 is 11.3 Å². The smallest absolute Gasteiger partial charge is 0.383 e. The fraction of sp³-hybridized carbons (Fsp3) is 0.429. The van der Waals surface area contributed by atoms with Gasteiger partial charge in [0, 0.05) is 11.8 Å². The topological polar surface area (TPSA) is 81.0 Å². The number of rotatable bonds is 4. The first-order chi connectivity index (χ1) is 7.37. The van der Waals surface area contributed by atoms with Gasteiger partial charge in [-0.05, 0) is 0 Å². The Balaban J connectivity index is 2.40. The molecular weight excluding hydrogens is 247 g/mol. The Hall–Kier alpha value is -1.22. The highest BCUT2D eigenvalue weighted by Gasteiger charge is 2.28. The number of nitrogens with two attached hydrogens (primary N) is 1. The van der Waals surface area contributed by atoms with E-state index in [2.05, 4.69) is 14.7 Å². The van der Waals surface area contributed by atoms with E-state index < -0.39 is 18.5 Å². The zero-order valence-electron chi connectivity index (χ0n) is 7.87. The third-order valence-electron chi connectivity index (χ3n) is 1.33. The number of H-pyrrole nitrogens is 1. The maximum Gasteiger partial charge on any atom is 0.522 e. The quantitative estimate of drug-likeness (QED) is 0.476. The molecule has 9 heteroatoms. The molecule has 1 aromatic heterocycles. The van der Waals surface area contributed by atoms with E-state index in [-0.39, 0.29) is 16.7 Å². The van der Waals surface area contributed by atoms with Crippen LogP contribution in [0.4, 0.5) is 19.0 Å². The van der Waals surface area contributed by atoms with Crippen LogP contribution in [0.25, 0.3) is 0 Å². The van der Waals surface area contributed by atoms with Crippen LogP contribution in [-0.2, 0) is 4.74 Å². The number of nitrogen functional groups attached to an aromatic ring is 1. The third-order valence-corrected chi connectivity index (χ3v) is 2.17. The number of thioether (sulfide) groups is 1. The first-order valence-corrected chi connectivity index (χ1v) is 5.06. The van der Waals surface area contributed by atoms with Crippen LogP contribution in [0, 0.1) is 0 Å². The van der Waals surface area contributed by atoms with Gasteiger partial charge in [0.15, 0.2) is 5.16 Å². The summed E-state index contributed by atoms with van der Waals surface area (Å²) in [6, 6.07) is 1.08. The molecular formula is C7H8F3N3O2S. The van der Waals surface area contributed by atoms with Crippen molar-refractivity contribution in [1.82, 2.24) is 9.97 Å². The molecule has 1 heterocycles. The SMILES string of the molecule is Nc1cc(=O)[nH]c(SCCOC(F)(F)F)n1. The predicted molar refractivity (Wildman–Crippen MR) is 52.0 cm³/mol. The second-order valence-corrected chi connectivity index (χ2v) is 3.70. The van der Waals surface area contributed by atoms with E-state index in [0.717, 1.165) is 17.8 Å². The first-order valence-electron chi connectivity index (χ1n) is 4.07.